The average molecular weight is 337 g/mol. The van der Waals surface area contributed by atoms with E-state index in [0.717, 1.165) is 6.07 Å². The van der Waals surface area contributed by atoms with Gasteiger partial charge in [-0.05, 0) is 16.8 Å². The fraction of sp³-hybridized carbons (Fsp3) is 0. The lowest BCUT2D eigenvalue weighted by atomic mass is 9.91. The van der Waals surface area contributed by atoms with Crippen LogP contribution in [0.3, 0.4) is 0 Å². The van der Waals surface area contributed by atoms with Crippen LogP contribution in [-0.2, 0) is 0 Å². The van der Waals surface area contributed by atoms with Crippen LogP contribution in [0.1, 0.15) is 0 Å². The van der Waals surface area contributed by atoms with E-state index in [1.807, 2.05) is 0 Å². The average Bonchev–Trinajstić information content (AvgIpc) is 2.57. The van der Waals surface area contributed by atoms with Gasteiger partial charge in [0.25, 0.3) is 5.69 Å². The number of nitro benzene ring substituents is 3. The molecule has 0 fully saturated rings. The molecule has 0 N–H and O–H groups in total. The molecule has 0 saturated heterocycles. The highest BCUT2D eigenvalue weighted by atomic mass is 16.6. The molecule has 0 aliphatic rings. The second-order valence-corrected chi connectivity index (χ2v) is 5.53. The van der Waals surface area contributed by atoms with Crippen molar-refractivity contribution in [3.8, 4) is 0 Å². The number of nitrogens with zero attached hydrogens (tertiary/aromatic N) is 3. The Morgan fingerprint density at radius 3 is 1.88 bits per heavy atom. The summed E-state index contributed by atoms with van der Waals surface area (Å²) < 4.78 is 0. The van der Waals surface area contributed by atoms with Gasteiger partial charge in [0.15, 0.2) is 0 Å². The minimum atomic E-state index is -0.856. The van der Waals surface area contributed by atoms with Gasteiger partial charge in [-0.1, -0.05) is 24.3 Å². The van der Waals surface area contributed by atoms with Gasteiger partial charge in [-0.15, -0.1) is 0 Å². The molecule has 122 valence electrons. The maximum atomic E-state index is 11.6. The van der Waals surface area contributed by atoms with E-state index in [1.165, 1.54) is 12.1 Å². The quantitative estimate of drug-likeness (QED) is 0.311. The normalized spacial score (nSPS) is 11.4. The van der Waals surface area contributed by atoms with Gasteiger partial charge in [0.1, 0.15) is 0 Å². The summed E-state index contributed by atoms with van der Waals surface area (Å²) in [6.45, 7) is 0. The van der Waals surface area contributed by atoms with E-state index in [0.29, 0.717) is 21.5 Å². The molecule has 0 radical (unpaired) electrons. The third-order valence-corrected chi connectivity index (χ3v) is 4.25. The van der Waals surface area contributed by atoms with Crippen molar-refractivity contribution in [3.63, 3.8) is 0 Å². The summed E-state index contributed by atoms with van der Waals surface area (Å²) in [5.41, 5.74) is -1.75. The van der Waals surface area contributed by atoms with Gasteiger partial charge < -0.3 is 0 Å². The van der Waals surface area contributed by atoms with E-state index >= 15 is 0 Å². The highest BCUT2D eigenvalue weighted by Gasteiger charge is 2.34. The summed E-state index contributed by atoms with van der Waals surface area (Å²) in [6, 6.07) is 10.4. The Labute approximate surface area is 137 Å². The van der Waals surface area contributed by atoms with E-state index in [4.69, 9.17) is 0 Å². The monoisotopic (exact) mass is 337 g/mol. The lowest BCUT2D eigenvalue weighted by Crippen LogP contribution is -2.01. The molecule has 0 aromatic heterocycles. The van der Waals surface area contributed by atoms with Gasteiger partial charge in [0.2, 0.25) is 0 Å². The van der Waals surface area contributed by atoms with E-state index in [1.54, 1.807) is 24.3 Å². The maximum absolute atomic E-state index is 11.6. The topological polar surface area (TPSA) is 129 Å². The lowest BCUT2D eigenvalue weighted by molar-refractivity contribution is -0.420. The summed E-state index contributed by atoms with van der Waals surface area (Å²) in [7, 11) is 0. The number of hydrogen-bond acceptors (Lipinski definition) is 6. The minimum Gasteiger partial charge on any atom is -0.258 e. The van der Waals surface area contributed by atoms with Crippen molar-refractivity contribution in [2.75, 3.05) is 0 Å². The standard InChI is InChI=1S/C16H7N3O6/c20-17(21)10-6-9-5-4-8-2-1-3-11-13(8)14(9)12(7-10)16(19(24)25)15(11)18(22)23/h1-7H. The molecule has 9 nitrogen and oxygen atoms in total. The molecule has 0 spiro atoms. The van der Waals surface area contributed by atoms with Crippen molar-refractivity contribution < 1.29 is 14.8 Å². The highest BCUT2D eigenvalue weighted by Crippen LogP contribution is 2.47. The summed E-state index contributed by atoms with van der Waals surface area (Å²) in [5, 5.41) is 36.4. The molecule has 0 unspecified atom stereocenters. The minimum absolute atomic E-state index is 0.106. The number of non-ortho nitro benzene ring substituents is 1. The Morgan fingerprint density at radius 1 is 0.640 bits per heavy atom. The van der Waals surface area contributed by atoms with Crippen LogP contribution in [0.4, 0.5) is 17.1 Å². The Bertz CT molecular complexity index is 1230. The third kappa shape index (κ3) is 1.89. The zero-order chi connectivity index (χ0) is 17.9. The van der Waals surface area contributed by atoms with E-state index in [-0.39, 0.29) is 16.5 Å². The van der Waals surface area contributed by atoms with Crippen LogP contribution in [-0.4, -0.2) is 14.8 Å². The Morgan fingerprint density at radius 2 is 1.24 bits per heavy atom. The molecule has 4 rings (SSSR count). The van der Waals surface area contributed by atoms with Crippen LogP contribution < -0.4 is 0 Å². The summed E-state index contributed by atoms with van der Waals surface area (Å²) >= 11 is 0. The Balaban J connectivity index is 2.43. The molecular formula is C16H7N3O6. The van der Waals surface area contributed by atoms with Gasteiger partial charge in [-0.25, -0.2) is 0 Å². The molecule has 4 aromatic rings. The summed E-state index contributed by atoms with van der Waals surface area (Å²) in [6.07, 6.45) is 0. The first-order valence-corrected chi connectivity index (χ1v) is 7.08. The van der Waals surface area contributed by atoms with Gasteiger partial charge in [0.05, 0.1) is 25.5 Å². The van der Waals surface area contributed by atoms with Crippen molar-refractivity contribution in [1.29, 1.82) is 0 Å². The van der Waals surface area contributed by atoms with Crippen molar-refractivity contribution in [1.82, 2.24) is 0 Å². The summed E-state index contributed by atoms with van der Waals surface area (Å²) in [4.78, 5) is 32.0. The van der Waals surface area contributed by atoms with Crippen LogP contribution in [0, 0.1) is 30.3 Å². The van der Waals surface area contributed by atoms with E-state index in [2.05, 4.69) is 0 Å². The van der Waals surface area contributed by atoms with Crippen molar-refractivity contribution in [2.45, 2.75) is 0 Å². The van der Waals surface area contributed by atoms with Crippen LogP contribution in [0.15, 0.2) is 42.5 Å². The molecular weight excluding hydrogens is 330 g/mol. The van der Waals surface area contributed by atoms with Crippen molar-refractivity contribution in [3.05, 3.63) is 72.8 Å². The fourth-order valence-electron chi connectivity index (χ4n) is 3.34. The Hall–Kier alpha value is -3.88. The SMILES string of the molecule is O=[N+]([O-])c1cc2ccc3cccc4c([N+](=O)[O-])c([N+](=O)[O-])c(c1)c2c34. The zero-order valence-electron chi connectivity index (χ0n) is 12.3. The number of rotatable bonds is 3. The lowest BCUT2D eigenvalue weighted by Gasteiger charge is -2.11. The van der Waals surface area contributed by atoms with Gasteiger partial charge in [0, 0.05) is 22.9 Å². The molecule has 0 heterocycles. The molecule has 0 aliphatic heterocycles. The molecule has 0 bridgehead atoms. The Kier molecular flexibility index (Phi) is 2.83. The van der Waals surface area contributed by atoms with Crippen molar-refractivity contribution in [2.24, 2.45) is 0 Å². The van der Waals surface area contributed by atoms with Gasteiger partial charge in [-0.2, -0.15) is 0 Å². The molecule has 9 heteroatoms. The molecule has 0 atom stereocenters. The maximum Gasteiger partial charge on any atom is 0.354 e. The van der Waals surface area contributed by atoms with E-state index in [9.17, 15) is 30.3 Å². The predicted molar refractivity (Wildman–Crippen MR) is 90.1 cm³/mol. The van der Waals surface area contributed by atoms with Crippen LogP contribution >= 0.6 is 0 Å². The van der Waals surface area contributed by atoms with Gasteiger partial charge >= 0.3 is 11.4 Å². The highest BCUT2D eigenvalue weighted by molar-refractivity contribution is 6.28. The third-order valence-electron chi connectivity index (χ3n) is 4.25. The molecule has 0 amide bonds. The first kappa shape index (κ1) is 14.7. The number of benzene rings is 4. The first-order valence-electron chi connectivity index (χ1n) is 7.08. The number of nitro groups is 3. The summed E-state index contributed by atoms with van der Waals surface area (Å²) in [5.74, 6) is 0. The van der Waals surface area contributed by atoms with Crippen molar-refractivity contribution >= 4 is 49.4 Å². The second kappa shape index (κ2) is 4.81. The van der Waals surface area contributed by atoms with Crippen LogP contribution in [0.5, 0.6) is 0 Å². The largest absolute Gasteiger partial charge is 0.354 e. The zero-order valence-corrected chi connectivity index (χ0v) is 12.3. The van der Waals surface area contributed by atoms with Crippen LogP contribution in [0.25, 0.3) is 32.3 Å². The molecule has 0 aliphatic carbocycles. The van der Waals surface area contributed by atoms with Crippen LogP contribution in [0.2, 0.25) is 0 Å². The van der Waals surface area contributed by atoms with Gasteiger partial charge in [-0.3, -0.25) is 30.3 Å². The molecule has 4 aromatic carbocycles. The number of hydrogen-bond donors (Lipinski definition) is 0. The second-order valence-electron chi connectivity index (χ2n) is 5.53. The molecule has 0 saturated carbocycles. The fourth-order valence-corrected chi connectivity index (χ4v) is 3.34. The molecule has 25 heavy (non-hydrogen) atoms. The van der Waals surface area contributed by atoms with E-state index < -0.39 is 26.1 Å². The first-order chi connectivity index (χ1) is 11.9. The predicted octanol–water partition coefficient (Wildman–Crippen LogP) is 4.31. The smallest absolute Gasteiger partial charge is 0.258 e.